The molecule has 3 heteroatoms. The second-order valence-electron chi connectivity index (χ2n) is 3.01. The minimum absolute atomic E-state index is 0.277. The Balaban J connectivity index is 3.27. The number of hydrogen-bond donors (Lipinski definition) is 0. The summed E-state index contributed by atoms with van der Waals surface area (Å²) >= 11 is 2.89. The van der Waals surface area contributed by atoms with Crippen LogP contribution in [0, 0.1) is 11.3 Å². The topological polar surface area (TPSA) is 40.9 Å². The Bertz CT molecular complexity index is 369. The second kappa shape index (κ2) is 4.39. The number of carbonyl (C=O) groups excluding carboxylic acids is 1. The molecule has 72 valence electrons. The number of carbonyl (C=O) groups is 1. The summed E-state index contributed by atoms with van der Waals surface area (Å²) in [6.45, 7) is 1.83. The fourth-order valence-electron chi connectivity index (χ4n) is 1.37. The standard InChI is InChI=1S/C11H10BrNO/c1-2-11(8-13,10(12)14)9-6-4-3-5-7-9/h3-7H,2H2,1H3. The van der Waals surface area contributed by atoms with Gasteiger partial charge in [0.05, 0.1) is 6.07 Å². The maximum atomic E-state index is 11.4. The molecule has 0 saturated heterocycles. The molecule has 0 heterocycles. The highest BCUT2D eigenvalue weighted by molar-refractivity contribution is 9.18. The lowest BCUT2D eigenvalue weighted by Crippen LogP contribution is -2.29. The van der Waals surface area contributed by atoms with Gasteiger partial charge in [-0.1, -0.05) is 37.3 Å². The SMILES string of the molecule is CCC(C#N)(C(=O)Br)c1ccccc1. The summed E-state index contributed by atoms with van der Waals surface area (Å²) in [5.74, 6) is 0. The monoisotopic (exact) mass is 251 g/mol. The van der Waals surface area contributed by atoms with Gasteiger partial charge < -0.3 is 0 Å². The summed E-state index contributed by atoms with van der Waals surface area (Å²) in [5.41, 5.74) is -0.298. The summed E-state index contributed by atoms with van der Waals surface area (Å²) in [6.07, 6.45) is 0.470. The van der Waals surface area contributed by atoms with Gasteiger partial charge in [-0.3, -0.25) is 4.79 Å². The molecule has 0 amide bonds. The minimum atomic E-state index is -1.04. The van der Waals surface area contributed by atoms with Crippen molar-refractivity contribution in [3.63, 3.8) is 0 Å². The smallest absolute Gasteiger partial charge is 0.222 e. The number of benzene rings is 1. The van der Waals surface area contributed by atoms with Crippen LogP contribution in [0.3, 0.4) is 0 Å². The van der Waals surface area contributed by atoms with E-state index in [4.69, 9.17) is 5.26 Å². The number of rotatable bonds is 3. The third-order valence-corrected chi connectivity index (χ3v) is 3.00. The molecule has 1 atom stereocenters. The van der Waals surface area contributed by atoms with Crippen molar-refractivity contribution in [3.05, 3.63) is 35.9 Å². The van der Waals surface area contributed by atoms with E-state index in [1.54, 1.807) is 12.1 Å². The van der Waals surface area contributed by atoms with Crippen LogP contribution < -0.4 is 0 Å². The van der Waals surface area contributed by atoms with E-state index >= 15 is 0 Å². The first kappa shape index (κ1) is 10.9. The Morgan fingerprint density at radius 2 is 2.07 bits per heavy atom. The van der Waals surface area contributed by atoms with Crippen LogP contribution in [-0.4, -0.2) is 4.69 Å². The molecular weight excluding hydrogens is 242 g/mol. The quantitative estimate of drug-likeness (QED) is 0.776. The van der Waals surface area contributed by atoms with Crippen molar-refractivity contribution < 1.29 is 4.79 Å². The molecule has 1 unspecified atom stereocenters. The average molecular weight is 252 g/mol. The van der Waals surface area contributed by atoms with Crippen molar-refractivity contribution in [1.82, 2.24) is 0 Å². The van der Waals surface area contributed by atoms with Crippen LogP contribution in [0.1, 0.15) is 18.9 Å². The molecule has 1 rings (SSSR count). The average Bonchev–Trinajstić information content (AvgIpc) is 2.22. The zero-order chi connectivity index (χ0) is 10.6. The molecule has 0 aliphatic carbocycles. The molecule has 1 aromatic carbocycles. The van der Waals surface area contributed by atoms with E-state index in [1.165, 1.54) is 0 Å². The summed E-state index contributed by atoms with van der Waals surface area (Å²) < 4.78 is -0.277. The first-order chi connectivity index (χ1) is 6.67. The molecule has 0 aliphatic rings. The molecular formula is C11H10BrNO. The van der Waals surface area contributed by atoms with Crippen molar-refractivity contribution in [2.75, 3.05) is 0 Å². The van der Waals surface area contributed by atoms with Crippen LogP contribution in [0.4, 0.5) is 0 Å². The highest BCUT2D eigenvalue weighted by atomic mass is 79.9. The Morgan fingerprint density at radius 1 is 1.50 bits per heavy atom. The molecule has 0 aliphatic heterocycles. The molecule has 0 fully saturated rings. The molecule has 0 N–H and O–H groups in total. The van der Waals surface area contributed by atoms with Gasteiger partial charge in [0.15, 0.2) is 5.41 Å². The number of nitrogens with zero attached hydrogens (tertiary/aromatic N) is 1. The van der Waals surface area contributed by atoms with Gasteiger partial charge in [-0.2, -0.15) is 5.26 Å². The minimum Gasteiger partial charge on any atom is -0.284 e. The van der Waals surface area contributed by atoms with Gasteiger partial charge in [0.2, 0.25) is 4.69 Å². The number of hydrogen-bond acceptors (Lipinski definition) is 2. The normalized spacial score (nSPS) is 14.1. The van der Waals surface area contributed by atoms with Crippen molar-refractivity contribution in [1.29, 1.82) is 5.26 Å². The van der Waals surface area contributed by atoms with E-state index in [2.05, 4.69) is 22.0 Å². The van der Waals surface area contributed by atoms with Crippen molar-refractivity contribution in [2.45, 2.75) is 18.8 Å². The van der Waals surface area contributed by atoms with E-state index in [9.17, 15) is 4.79 Å². The van der Waals surface area contributed by atoms with Gasteiger partial charge in [-0.25, -0.2) is 0 Å². The van der Waals surface area contributed by atoms with E-state index in [0.29, 0.717) is 6.42 Å². The Hall–Kier alpha value is -1.14. The van der Waals surface area contributed by atoms with Crippen molar-refractivity contribution >= 4 is 20.6 Å². The molecule has 0 bridgehead atoms. The van der Waals surface area contributed by atoms with Gasteiger partial charge in [-0.15, -0.1) is 0 Å². The summed E-state index contributed by atoms with van der Waals surface area (Å²) in [4.78, 5) is 11.4. The molecule has 0 radical (unpaired) electrons. The van der Waals surface area contributed by atoms with Crippen LogP contribution in [0.2, 0.25) is 0 Å². The fraction of sp³-hybridized carbons (Fsp3) is 0.273. The van der Waals surface area contributed by atoms with Crippen molar-refractivity contribution in [3.8, 4) is 6.07 Å². The fourth-order valence-corrected chi connectivity index (χ4v) is 1.96. The number of nitriles is 1. The zero-order valence-corrected chi connectivity index (χ0v) is 9.41. The highest BCUT2D eigenvalue weighted by Gasteiger charge is 2.36. The predicted octanol–water partition coefficient (Wildman–Crippen LogP) is 2.78. The summed E-state index contributed by atoms with van der Waals surface area (Å²) in [5, 5.41) is 9.10. The molecule has 14 heavy (non-hydrogen) atoms. The van der Waals surface area contributed by atoms with E-state index in [0.717, 1.165) is 5.56 Å². The van der Waals surface area contributed by atoms with Gasteiger partial charge in [0.25, 0.3) is 0 Å². The lowest BCUT2D eigenvalue weighted by molar-refractivity contribution is -0.113. The lowest BCUT2D eigenvalue weighted by atomic mass is 9.81. The van der Waals surface area contributed by atoms with Crippen LogP contribution in [-0.2, 0) is 10.2 Å². The Morgan fingerprint density at radius 3 is 2.43 bits per heavy atom. The third-order valence-electron chi connectivity index (χ3n) is 2.32. The van der Waals surface area contributed by atoms with Crippen LogP contribution in [0.5, 0.6) is 0 Å². The summed E-state index contributed by atoms with van der Waals surface area (Å²) in [7, 11) is 0. The lowest BCUT2D eigenvalue weighted by Gasteiger charge is -2.20. The summed E-state index contributed by atoms with van der Waals surface area (Å²) in [6, 6.07) is 11.2. The van der Waals surface area contributed by atoms with E-state index in [-0.39, 0.29) is 4.69 Å². The maximum absolute atomic E-state index is 11.4. The van der Waals surface area contributed by atoms with Gasteiger partial charge in [0, 0.05) is 0 Å². The first-order valence-corrected chi connectivity index (χ1v) is 5.13. The van der Waals surface area contributed by atoms with E-state index < -0.39 is 5.41 Å². The van der Waals surface area contributed by atoms with Gasteiger partial charge >= 0.3 is 0 Å². The Labute approximate surface area is 91.7 Å². The highest BCUT2D eigenvalue weighted by Crippen LogP contribution is 2.30. The zero-order valence-electron chi connectivity index (χ0n) is 7.83. The van der Waals surface area contributed by atoms with Gasteiger partial charge in [-0.05, 0) is 27.9 Å². The largest absolute Gasteiger partial charge is 0.284 e. The van der Waals surface area contributed by atoms with Crippen LogP contribution >= 0.6 is 15.9 Å². The van der Waals surface area contributed by atoms with E-state index in [1.807, 2.05) is 25.1 Å². The van der Waals surface area contributed by atoms with Crippen LogP contribution in [0.25, 0.3) is 0 Å². The maximum Gasteiger partial charge on any atom is 0.222 e. The van der Waals surface area contributed by atoms with Crippen LogP contribution in [0.15, 0.2) is 30.3 Å². The predicted molar refractivity (Wildman–Crippen MR) is 58.0 cm³/mol. The van der Waals surface area contributed by atoms with Crippen molar-refractivity contribution in [2.24, 2.45) is 0 Å². The Kier molecular flexibility index (Phi) is 3.43. The first-order valence-electron chi connectivity index (χ1n) is 4.34. The molecule has 1 aromatic rings. The second-order valence-corrected chi connectivity index (χ2v) is 3.73. The molecule has 2 nitrogen and oxygen atoms in total. The van der Waals surface area contributed by atoms with Gasteiger partial charge in [0.1, 0.15) is 0 Å². The number of halogens is 1. The molecule has 0 spiro atoms. The third kappa shape index (κ3) is 1.71. The molecule has 0 aromatic heterocycles. The molecule has 0 saturated carbocycles.